The largest absolute Gasteiger partial charge is 0.236 e. The van der Waals surface area contributed by atoms with E-state index < -0.39 is 0 Å². The zero-order valence-electron chi connectivity index (χ0n) is 16.0. The highest BCUT2D eigenvalue weighted by molar-refractivity contribution is 7.99. The van der Waals surface area contributed by atoms with Gasteiger partial charge in [-0.3, -0.25) is 0 Å². The molecule has 0 saturated heterocycles. The minimum Gasteiger partial charge on any atom is -0.236 e. The highest BCUT2D eigenvalue weighted by atomic mass is 32.2. The molecular formula is C22H32N2S. The van der Waals surface area contributed by atoms with Crippen LogP contribution in [0.3, 0.4) is 0 Å². The summed E-state index contributed by atoms with van der Waals surface area (Å²) >= 11 is 1.93. The second-order valence-corrected chi connectivity index (χ2v) is 8.02. The van der Waals surface area contributed by atoms with Crippen LogP contribution in [0.2, 0.25) is 0 Å². The first-order valence-electron chi connectivity index (χ1n) is 9.77. The number of unbranched alkanes of at least 4 members (excludes halogenated alkanes) is 4. The van der Waals surface area contributed by atoms with Crippen LogP contribution in [0.15, 0.2) is 41.6 Å². The van der Waals surface area contributed by atoms with Crippen LogP contribution in [-0.2, 0) is 6.42 Å². The number of benzene rings is 1. The molecule has 1 atom stereocenters. The first-order chi connectivity index (χ1) is 12.2. The lowest BCUT2D eigenvalue weighted by atomic mass is 10.1. The summed E-state index contributed by atoms with van der Waals surface area (Å²) in [4.78, 5) is 10.5. The smallest absolute Gasteiger partial charge is 0.159 e. The Kier molecular flexibility index (Phi) is 9.03. The van der Waals surface area contributed by atoms with Gasteiger partial charge in [0.15, 0.2) is 5.82 Å². The minimum absolute atomic E-state index is 0.766. The van der Waals surface area contributed by atoms with Crippen molar-refractivity contribution < 1.29 is 0 Å². The zero-order chi connectivity index (χ0) is 17.9. The molecule has 0 bridgehead atoms. The summed E-state index contributed by atoms with van der Waals surface area (Å²) in [5.41, 5.74) is 2.35. The molecule has 3 heteroatoms. The van der Waals surface area contributed by atoms with Gasteiger partial charge in [0.25, 0.3) is 0 Å². The van der Waals surface area contributed by atoms with E-state index in [0.717, 1.165) is 23.7 Å². The summed E-state index contributed by atoms with van der Waals surface area (Å²) in [6.07, 6.45) is 12.9. The van der Waals surface area contributed by atoms with Gasteiger partial charge in [-0.05, 0) is 36.5 Å². The van der Waals surface area contributed by atoms with Gasteiger partial charge in [0, 0.05) is 28.6 Å². The molecule has 0 N–H and O–H groups in total. The summed E-state index contributed by atoms with van der Waals surface area (Å²) in [7, 11) is 0. The van der Waals surface area contributed by atoms with Crippen molar-refractivity contribution in [2.75, 3.05) is 5.75 Å². The molecule has 1 heterocycles. The van der Waals surface area contributed by atoms with Crippen molar-refractivity contribution in [3.63, 3.8) is 0 Å². The highest BCUT2D eigenvalue weighted by Crippen LogP contribution is 2.24. The summed E-state index contributed by atoms with van der Waals surface area (Å²) in [6, 6.07) is 8.65. The molecule has 1 aromatic heterocycles. The molecular weight excluding hydrogens is 324 g/mol. The number of aryl methyl sites for hydroxylation is 1. The average molecular weight is 357 g/mol. The van der Waals surface area contributed by atoms with Gasteiger partial charge in [-0.1, -0.05) is 65.0 Å². The Morgan fingerprint density at radius 1 is 0.920 bits per heavy atom. The van der Waals surface area contributed by atoms with E-state index in [-0.39, 0.29) is 0 Å². The van der Waals surface area contributed by atoms with Crippen molar-refractivity contribution in [1.82, 2.24) is 9.97 Å². The molecule has 2 rings (SSSR count). The molecule has 0 aliphatic rings. The van der Waals surface area contributed by atoms with E-state index in [1.54, 1.807) is 0 Å². The van der Waals surface area contributed by atoms with E-state index >= 15 is 0 Å². The Bertz CT molecular complexity index is 592. The third-order valence-electron chi connectivity index (χ3n) is 4.62. The third kappa shape index (κ3) is 7.19. The molecule has 0 aliphatic heterocycles. The first-order valence-corrected chi connectivity index (χ1v) is 10.8. The topological polar surface area (TPSA) is 25.8 Å². The summed E-state index contributed by atoms with van der Waals surface area (Å²) in [5.74, 6) is 2.77. The van der Waals surface area contributed by atoms with E-state index in [0.29, 0.717) is 0 Å². The molecule has 2 aromatic rings. The lowest BCUT2D eigenvalue weighted by molar-refractivity contribution is 0.631. The molecule has 0 aliphatic carbocycles. The third-order valence-corrected chi connectivity index (χ3v) is 5.96. The van der Waals surface area contributed by atoms with Gasteiger partial charge in [0.2, 0.25) is 0 Å². The van der Waals surface area contributed by atoms with Gasteiger partial charge >= 0.3 is 0 Å². The molecule has 1 aromatic carbocycles. The molecule has 0 spiro atoms. The Hall–Kier alpha value is -1.35. The standard InChI is InChI=1S/C22H32N2S/c1-4-6-7-8-9-10-19-15-23-22(24-16-19)20-11-13-21(14-12-20)25-17-18(3)5-2/h11-16,18H,4-10,17H2,1-3H3. The monoisotopic (exact) mass is 356 g/mol. The van der Waals surface area contributed by atoms with E-state index in [4.69, 9.17) is 0 Å². The molecule has 25 heavy (non-hydrogen) atoms. The van der Waals surface area contributed by atoms with Gasteiger partial charge in [0.1, 0.15) is 0 Å². The fourth-order valence-electron chi connectivity index (χ4n) is 2.62. The van der Waals surface area contributed by atoms with Crippen LogP contribution in [-0.4, -0.2) is 15.7 Å². The van der Waals surface area contributed by atoms with Crippen molar-refractivity contribution in [2.24, 2.45) is 5.92 Å². The maximum atomic E-state index is 4.56. The Labute approximate surface area is 157 Å². The molecule has 0 amide bonds. The maximum Gasteiger partial charge on any atom is 0.159 e. The zero-order valence-corrected chi connectivity index (χ0v) is 16.8. The molecule has 136 valence electrons. The van der Waals surface area contributed by atoms with Crippen molar-refractivity contribution in [2.45, 2.75) is 70.6 Å². The van der Waals surface area contributed by atoms with Crippen molar-refractivity contribution in [3.05, 3.63) is 42.2 Å². The molecule has 1 unspecified atom stereocenters. The van der Waals surface area contributed by atoms with Crippen molar-refractivity contribution >= 4 is 11.8 Å². The van der Waals surface area contributed by atoms with Crippen LogP contribution < -0.4 is 0 Å². The number of rotatable bonds is 11. The fraction of sp³-hybridized carbons (Fsp3) is 0.545. The second kappa shape index (κ2) is 11.3. The summed E-state index contributed by atoms with van der Waals surface area (Å²) in [5, 5.41) is 0. The fourth-order valence-corrected chi connectivity index (χ4v) is 3.66. The predicted molar refractivity (Wildman–Crippen MR) is 110 cm³/mol. The molecule has 0 radical (unpaired) electrons. The predicted octanol–water partition coefficient (Wildman–Crippen LogP) is 6.79. The van der Waals surface area contributed by atoms with Gasteiger partial charge in [0.05, 0.1) is 0 Å². The number of hydrogen-bond donors (Lipinski definition) is 0. The lowest BCUT2D eigenvalue weighted by Gasteiger charge is -2.08. The number of aromatic nitrogens is 2. The Morgan fingerprint density at radius 3 is 2.24 bits per heavy atom. The van der Waals surface area contributed by atoms with Gasteiger partial charge < -0.3 is 0 Å². The van der Waals surface area contributed by atoms with E-state index in [1.807, 2.05) is 24.2 Å². The van der Waals surface area contributed by atoms with Crippen LogP contribution in [0.4, 0.5) is 0 Å². The van der Waals surface area contributed by atoms with Crippen LogP contribution in [0, 0.1) is 5.92 Å². The van der Waals surface area contributed by atoms with Crippen molar-refractivity contribution in [1.29, 1.82) is 0 Å². The van der Waals surface area contributed by atoms with Crippen LogP contribution in [0.1, 0.15) is 64.9 Å². The maximum absolute atomic E-state index is 4.56. The first kappa shape index (κ1) is 20.0. The van der Waals surface area contributed by atoms with Gasteiger partial charge in [-0.25, -0.2) is 9.97 Å². The van der Waals surface area contributed by atoms with Gasteiger partial charge in [-0.15, -0.1) is 11.8 Å². The van der Waals surface area contributed by atoms with Crippen LogP contribution in [0.5, 0.6) is 0 Å². The normalized spacial score (nSPS) is 12.3. The molecule has 0 saturated carbocycles. The molecule has 2 nitrogen and oxygen atoms in total. The number of thioether (sulfide) groups is 1. The highest BCUT2D eigenvalue weighted by Gasteiger charge is 2.04. The lowest BCUT2D eigenvalue weighted by Crippen LogP contribution is -1.95. The van der Waals surface area contributed by atoms with E-state index in [2.05, 4.69) is 55.0 Å². The Morgan fingerprint density at radius 2 is 1.60 bits per heavy atom. The summed E-state index contributed by atoms with van der Waals surface area (Å²) in [6.45, 7) is 6.81. The van der Waals surface area contributed by atoms with Crippen LogP contribution >= 0.6 is 11.8 Å². The minimum atomic E-state index is 0.766. The number of hydrogen-bond acceptors (Lipinski definition) is 3. The van der Waals surface area contributed by atoms with Crippen molar-refractivity contribution in [3.8, 4) is 11.4 Å². The SMILES string of the molecule is CCCCCCCc1cnc(-c2ccc(SCC(C)CC)cc2)nc1. The number of nitrogens with zero attached hydrogens (tertiary/aromatic N) is 2. The Balaban J connectivity index is 1.84. The quantitative estimate of drug-likeness (QED) is 0.327. The second-order valence-electron chi connectivity index (χ2n) is 6.93. The van der Waals surface area contributed by atoms with Crippen LogP contribution in [0.25, 0.3) is 11.4 Å². The van der Waals surface area contributed by atoms with E-state index in [9.17, 15) is 0 Å². The molecule has 0 fully saturated rings. The van der Waals surface area contributed by atoms with E-state index in [1.165, 1.54) is 54.7 Å². The average Bonchev–Trinajstić information content (AvgIpc) is 2.67. The van der Waals surface area contributed by atoms with Gasteiger partial charge in [-0.2, -0.15) is 0 Å². The summed E-state index contributed by atoms with van der Waals surface area (Å²) < 4.78 is 0.